The fourth-order valence-corrected chi connectivity index (χ4v) is 1.73. The van der Waals surface area contributed by atoms with E-state index < -0.39 is 4.92 Å². The van der Waals surface area contributed by atoms with E-state index in [9.17, 15) is 10.1 Å². The van der Waals surface area contributed by atoms with Gasteiger partial charge in [0.05, 0.1) is 18.1 Å². The number of nitrogens with zero attached hydrogens (tertiary/aromatic N) is 2. The Morgan fingerprint density at radius 1 is 1.19 bits per heavy atom. The molecule has 0 saturated carbocycles. The van der Waals surface area contributed by atoms with Crippen LogP contribution in [0.25, 0.3) is 6.08 Å². The third-order valence-corrected chi connectivity index (χ3v) is 2.77. The predicted octanol–water partition coefficient (Wildman–Crippen LogP) is 4.02. The van der Waals surface area contributed by atoms with Crippen LogP contribution in [0, 0.1) is 10.1 Å². The minimum absolute atomic E-state index is 0.0845. The van der Waals surface area contributed by atoms with Crippen LogP contribution in [0.2, 0.25) is 0 Å². The van der Waals surface area contributed by atoms with Crippen molar-refractivity contribution in [2.45, 2.75) is 0 Å². The normalized spacial score (nSPS) is 11.1. The van der Waals surface area contributed by atoms with E-state index in [0.717, 1.165) is 5.56 Å². The Labute approximate surface area is 122 Å². The van der Waals surface area contributed by atoms with Crippen LogP contribution in [0.4, 0.5) is 11.4 Å². The van der Waals surface area contributed by atoms with Gasteiger partial charge in [-0.15, -0.1) is 0 Å². The maximum atomic E-state index is 11.0. The summed E-state index contributed by atoms with van der Waals surface area (Å²) in [6.07, 6.45) is 5.14. The molecule has 0 fully saturated rings. The highest BCUT2D eigenvalue weighted by Gasteiger charge is 2.13. The standard InChI is InChI=1S/C16H14N2O3/c1-21-14-9-10-15(16(12-14)18(19)20)17-11-5-8-13-6-3-2-4-7-13/h2-12H,1H3/b8-5-,17-11?. The molecule has 0 N–H and O–H groups in total. The smallest absolute Gasteiger partial charge is 0.298 e. The maximum Gasteiger partial charge on any atom is 0.298 e. The van der Waals surface area contributed by atoms with Crippen molar-refractivity contribution in [2.75, 3.05) is 7.11 Å². The lowest BCUT2D eigenvalue weighted by atomic mass is 10.2. The van der Waals surface area contributed by atoms with Crippen LogP contribution >= 0.6 is 0 Å². The van der Waals surface area contributed by atoms with Crippen molar-refractivity contribution in [3.05, 3.63) is 70.3 Å². The largest absolute Gasteiger partial charge is 0.496 e. The minimum atomic E-state index is -0.476. The number of benzene rings is 2. The summed E-state index contributed by atoms with van der Waals surface area (Å²) in [5.74, 6) is 0.431. The molecule has 0 saturated heterocycles. The first kappa shape index (κ1) is 14.5. The zero-order valence-corrected chi connectivity index (χ0v) is 11.5. The quantitative estimate of drug-likeness (QED) is 0.472. The Kier molecular flexibility index (Phi) is 4.82. The van der Waals surface area contributed by atoms with Crippen molar-refractivity contribution < 1.29 is 9.66 Å². The first-order valence-corrected chi connectivity index (χ1v) is 6.29. The average Bonchev–Trinajstić information content (AvgIpc) is 2.52. The molecule has 21 heavy (non-hydrogen) atoms. The van der Waals surface area contributed by atoms with Crippen LogP contribution in [0.3, 0.4) is 0 Å². The molecule has 0 unspecified atom stereocenters. The summed E-state index contributed by atoms with van der Waals surface area (Å²) in [5.41, 5.74) is 1.24. The van der Waals surface area contributed by atoms with Gasteiger partial charge >= 0.3 is 0 Å². The molecule has 2 aromatic rings. The molecule has 0 spiro atoms. The zero-order chi connectivity index (χ0) is 15.1. The molecule has 106 valence electrons. The summed E-state index contributed by atoms with van der Waals surface area (Å²) in [5, 5.41) is 11.0. The van der Waals surface area contributed by atoms with Gasteiger partial charge in [0.25, 0.3) is 5.69 Å². The molecule has 5 nitrogen and oxygen atoms in total. The summed E-state index contributed by atoms with van der Waals surface area (Å²) < 4.78 is 4.97. The molecule has 0 bridgehead atoms. The number of rotatable bonds is 5. The fourth-order valence-electron chi connectivity index (χ4n) is 1.73. The molecule has 0 heterocycles. The number of allylic oxidation sites excluding steroid dienone is 1. The van der Waals surface area contributed by atoms with E-state index in [0.29, 0.717) is 11.4 Å². The summed E-state index contributed by atoms with van der Waals surface area (Å²) >= 11 is 0. The molecule has 5 heteroatoms. The zero-order valence-electron chi connectivity index (χ0n) is 11.5. The molecule has 2 rings (SSSR count). The summed E-state index contributed by atoms with van der Waals surface area (Å²) in [7, 11) is 1.46. The number of nitro groups is 1. The van der Waals surface area contributed by atoms with Crippen molar-refractivity contribution in [3.63, 3.8) is 0 Å². The highest BCUT2D eigenvalue weighted by Crippen LogP contribution is 2.30. The Bertz CT molecular complexity index is 679. The monoisotopic (exact) mass is 282 g/mol. The lowest BCUT2D eigenvalue weighted by Crippen LogP contribution is -1.90. The molecule has 0 aliphatic rings. The van der Waals surface area contributed by atoms with Crippen LogP contribution in [-0.2, 0) is 0 Å². The Balaban J connectivity index is 2.17. The van der Waals surface area contributed by atoms with Crippen LogP contribution in [-0.4, -0.2) is 18.2 Å². The second-order valence-corrected chi connectivity index (χ2v) is 4.16. The molecular weight excluding hydrogens is 268 g/mol. The Morgan fingerprint density at radius 3 is 2.62 bits per heavy atom. The molecule has 2 aromatic carbocycles. The lowest BCUT2D eigenvalue weighted by molar-refractivity contribution is -0.384. The molecule has 0 amide bonds. The number of ether oxygens (including phenoxy) is 1. The molecule has 0 aliphatic heterocycles. The maximum absolute atomic E-state index is 11.0. The molecule has 0 aliphatic carbocycles. The SMILES string of the molecule is COc1ccc(N=C/C=C\c2ccccc2)c([N+](=O)[O-])c1. The fraction of sp³-hybridized carbons (Fsp3) is 0.0625. The number of hydrogen-bond acceptors (Lipinski definition) is 4. The van der Waals surface area contributed by atoms with Gasteiger partial charge in [-0.05, 0) is 23.8 Å². The summed E-state index contributed by atoms with van der Waals surface area (Å²) in [4.78, 5) is 14.6. The summed E-state index contributed by atoms with van der Waals surface area (Å²) in [6.45, 7) is 0. The number of nitro benzene ring substituents is 1. The molecular formula is C16H14N2O3. The van der Waals surface area contributed by atoms with Gasteiger partial charge in [0, 0.05) is 6.21 Å². The first-order chi connectivity index (χ1) is 10.2. The second-order valence-electron chi connectivity index (χ2n) is 4.16. The average molecular weight is 282 g/mol. The molecule has 0 radical (unpaired) electrons. The third-order valence-electron chi connectivity index (χ3n) is 2.77. The van der Waals surface area contributed by atoms with Gasteiger partial charge in [0.2, 0.25) is 0 Å². The van der Waals surface area contributed by atoms with E-state index in [1.54, 1.807) is 18.2 Å². The summed E-state index contributed by atoms with van der Waals surface area (Å²) in [6, 6.07) is 14.3. The van der Waals surface area contributed by atoms with Gasteiger partial charge < -0.3 is 4.74 Å². The van der Waals surface area contributed by atoms with E-state index in [4.69, 9.17) is 4.74 Å². The first-order valence-electron chi connectivity index (χ1n) is 6.29. The van der Waals surface area contributed by atoms with E-state index in [1.165, 1.54) is 19.4 Å². The van der Waals surface area contributed by atoms with Gasteiger partial charge in [-0.2, -0.15) is 0 Å². The highest BCUT2D eigenvalue weighted by atomic mass is 16.6. The number of aliphatic imine (C=N–C) groups is 1. The van der Waals surface area contributed by atoms with Crippen molar-refractivity contribution in [3.8, 4) is 5.75 Å². The van der Waals surface area contributed by atoms with Gasteiger partial charge in [0.15, 0.2) is 0 Å². The minimum Gasteiger partial charge on any atom is -0.496 e. The Hall–Kier alpha value is -2.95. The van der Waals surface area contributed by atoms with Crippen LogP contribution in [0.15, 0.2) is 59.6 Å². The van der Waals surface area contributed by atoms with Crippen LogP contribution in [0.1, 0.15) is 5.56 Å². The van der Waals surface area contributed by atoms with Gasteiger partial charge in [-0.1, -0.05) is 36.4 Å². The third kappa shape index (κ3) is 4.01. The highest BCUT2D eigenvalue weighted by molar-refractivity contribution is 5.81. The van der Waals surface area contributed by atoms with Crippen molar-refractivity contribution in [2.24, 2.45) is 4.99 Å². The van der Waals surface area contributed by atoms with Crippen LogP contribution < -0.4 is 4.74 Å². The predicted molar refractivity (Wildman–Crippen MR) is 83.3 cm³/mol. The lowest BCUT2D eigenvalue weighted by Gasteiger charge is -2.01. The van der Waals surface area contributed by atoms with Crippen LogP contribution in [0.5, 0.6) is 5.75 Å². The number of methoxy groups -OCH3 is 1. The topological polar surface area (TPSA) is 64.7 Å². The van der Waals surface area contributed by atoms with E-state index in [1.807, 2.05) is 36.4 Å². The molecule has 0 atom stereocenters. The van der Waals surface area contributed by atoms with E-state index in [-0.39, 0.29) is 5.69 Å². The van der Waals surface area contributed by atoms with Crippen molar-refractivity contribution >= 4 is 23.7 Å². The number of hydrogen-bond donors (Lipinski definition) is 0. The van der Waals surface area contributed by atoms with Crippen molar-refractivity contribution in [1.29, 1.82) is 0 Å². The van der Waals surface area contributed by atoms with Gasteiger partial charge in [-0.3, -0.25) is 10.1 Å². The second kappa shape index (κ2) is 7.00. The van der Waals surface area contributed by atoms with Crippen molar-refractivity contribution in [1.82, 2.24) is 0 Å². The molecule has 0 aromatic heterocycles. The van der Waals surface area contributed by atoms with Gasteiger partial charge in [0.1, 0.15) is 11.4 Å². The van der Waals surface area contributed by atoms with E-state index >= 15 is 0 Å². The van der Waals surface area contributed by atoms with E-state index in [2.05, 4.69) is 4.99 Å². The Morgan fingerprint density at radius 2 is 1.95 bits per heavy atom. The van der Waals surface area contributed by atoms with Gasteiger partial charge in [-0.25, -0.2) is 4.99 Å².